The van der Waals surface area contributed by atoms with Crippen molar-refractivity contribution in [2.45, 2.75) is 12.9 Å². The van der Waals surface area contributed by atoms with Gasteiger partial charge in [0.1, 0.15) is 0 Å². The van der Waals surface area contributed by atoms with E-state index in [0.717, 1.165) is 0 Å². The van der Waals surface area contributed by atoms with E-state index in [4.69, 9.17) is 0 Å². The summed E-state index contributed by atoms with van der Waals surface area (Å²) in [7, 11) is 0. The van der Waals surface area contributed by atoms with E-state index in [1.807, 2.05) is 0 Å². The van der Waals surface area contributed by atoms with Gasteiger partial charge >= 0.3 is 6.36 Å². The maximum Gasteiger partial charge on any atom is 0.522 e. The largest absolute Gasteiger partial charge is 0.545 e. The molecular formula is C11H8F3N2O3-. The topological polar surface area (TPSA) is 67.2 Å². The summed E-state index contributed by atoms with van der Waals surface area (Å²) >= 11 is 0. The zero-order valence-electron chi connectivity index (χ0n) is 9.48. The van der Waals surface area contributed by atoms with Crippen molar-refractivity contribution in [1.29, 1.82) is 0 Å². The van der Waals surface area contributed by atoms with Crippen LogP contribution in [0, 0.1) is 0 Å². The number of aromatic carboxylic acids is 1. The molecule has 1 aromatic heterocycles. The van der Waals surface area contributed by atoms with Gasteiger partial charge in [-0.25, -0.2) is 4.98 Å². The standard InChI is InChI=1S/C11H9F3N2O3/c12-11(13,14)19-4-3-16-6-15-8-5-7(10(17)18)1-2-9(8)16/h1-2,5-6H,3-4H2,(H,17,18)/p-1. The van der Waals surface area contributed by atoms with Crippen LogP contribution in [-0.2, 0) is 11.3 Å². The molecule has 0 aliphatic carbocycles. The molecule has 0 bridgehead atoms. The molecule has 0 aliphatic rings. The first-order valence-corrected chi connectivity index (χ1v) is 5.24. The van der Waals surface area contributed by atoms with Gasteiger partial charge in [0, 0.05) is 6.54 Å². The van der Waals surface area contributed by atoms with Crippen LogP contribution in [0.4, 0.5) is 13.2 Å². The molecule has 0 spiro atoms. The fourth-order valence-electron chi connectivity index (χ4n) is 1.63. The minimum absolute atomic E-state index is 0.0377. The van der Waals surface area contributed by atoms with E-state index in [0.29, 0.717) is 11.0 Å². The number of alkyl halides is 3. The Morgan fingerprint density at radius 2 is 2.16 bits per heavy atom. The molecule has 0 N–H and O–H groups in total. The lowest BCUT2D eigenvalue weighted by Crippen LogP contribution is -2.22. The smallest absolute Gasteiger partial charge is 0.522 e. The highest BCUT2D eigenvalue weighted by atomic mass is 19.4. The Kier molecular flexibility index (Phi) is 3.43. The summed E-state index contributed by atoms with van der Waals surface area (Å²) < 4.78 is 40.6. The molecule has 2 rings (SSSR count). The van der Waals surface area contributed by atoms with E-state index in [1.165, 1.54) is 29.1 Å². The summed E-state index contributed by atoms with van der Waals surface area (Å²) in [5, 5.41) is 10.6. The number of halogens is 3. The first-order chi connectivity index (χ1) is 8.87. The summed E-state index contributed by atoms with van der Waals surface area (Å²) in [6, 6.07) is 4.06. The van der Waals surface area contributed by atoms with E-state index in [9.17, 15) is 23.1 Å². The number of imidazole rings is 1. The quantitative estimate of drug-likeness (QED) is 0.831. The second-order valence-corrected chi connectivity index (χ2v) is 3.72. The Bertz CT molecular complexity index is 607. The lowest BCUT2D eigenvalue weighted by atomic mass is 10.2. The van der Waals surface area contributed by atoms with Gasteiger partial charge in [-0.3, -0.25) is 4.74 Å². The molecule has 0 saturated heterocycles. The zero-order chi connectivity index (χ0) is 14.0. The van der Waals surface area contributed by atoms with Gasteiger partial charge in [-0.2, -0.15) is 0 Å². The van der Waals surface area contributed by atoms with Gasteiger partial charge in [-0.1, -0.05) is 6.07 Å². The highest BCUT2D eigenvalue weighted by Crippen LogP contribution is 2.18. The number of carboxylic acids is 1. The number of carbonyl (C=O) groups excluding carboxylic acids is 1. The van der Waals surface area contributed by atoms with Crippen molar-refractivity contribution in [2.24, 2.45) is 0 Å². The van der Waals surface area contributed by atoms with Crippen LogP contribution in [0.15, 0.2) is 24.5 Å². The molecule has 0 unspecified atom stereocenters. The monoisotopic (exact) mass is 273 g/mol. The van der Waals surface area contributed by atoms with E-state index < -0.39 is 18.9 Å². The predicted octanol–water partition coefficient (Wildman–Crippen LogP) is 0.936. The van der Waals surface area contributed by atoms with Crippen LogP contribution in [0.25, 0.3) is 11.0 Å². The van der Waals surface area contributed by atoms with Crippen LogP contribution < -0.4 is 5.11 Å². The van der Waals surface area contributed by atoms with Crippen molar-refractivity contribution in [2.75, 3.05) is 6.61 Å². The normalized spacial score (nSPS) is 11.9. The number of benzene rings is 1. The summed E-state index contributed by atoms with van der Waals surface area (Å²) in [6.07, 6.45) is -3.35. The van der Waals surface area contributed by atoms with Crippen molar-refractivity contribution >= 4 is 17.0 Å². The van der Waals surface area contributed by atoms with E-state index >= 15 is 0 Å². The van der Waals surface area contributed by atoms with Gasteiger partial charge in [-0.05, 0) is 17.7 Å². The van der Waals surface area contributed by atoms with Gasteiger partial charge < -0.3 is 14.5 Å². The maximum atomic E-state index is 11.8. The van der Waals surface area contributed by atoms with Gasteiger partial charge in [-0.15, -0.1) is 13.2 Å². The molecule has 102 valence electrons. The Morgan fingerprint density at radius 3 is 2.79 bits per heavy atom. The van der Waals surface area contributed by atoms with Crippen LogP contribution in [0.5, 0.6) is 0 Å². The molecule has 8 heteroatoms. The number of hydrogen-bond donors (Lipinski definition) is 0. The molecule has 0 amide bonds. The molecular weight excluding hydrogens is 265 g/mol. The molecule has 0 radical (unpaired) electrons. The van der Waals surface area contributed by atoms with Crippen molar-refractivity contribution in [1.82, 2.24) is 9.55 Å². The molecule has 0 aliphatic heterocycles. The number of carbonyl (C=O) groups is 1. The molecule has 0 fully saturated rings. The SMILES string of the molecule is O=C([O-])c1ccc2c(c1)ncn2CCOC(F)(F)F. The minimum Gasteiger partial charge on any atom is -0.545 e. The number of aromatic nitrogens is 2. The van der Waals surface area contributed by atoms with Gasteiger partial charge in [0.05, 0.1) is 29.9 Å². The Labute approximate surface area is 105 Å². The molecule has 2 aromatic rings. The van der Waals surface area contributed by atoms with Crippen LogP contribution >= 0.6 is 0 Å². The number of hydrogen-bond acceptors (Lipinski definition) is 4. The van der Waals surface area contributed by atoms with Crippen LogP contribution in [0.3, 0.4) is 0 Å². The Morgan fingerprint density at radius 1 is 1.42 bits per heavy atom. The average molecular weight is 273 g/mol. The van der Waals surface area contributed by atoms with Gasteiger partial charge in [0.2, 0.25) is 0 Å². The van der Waals surface area contributed by atoms with E-state index in [-0.39, 0.29) is 12.1 Å². The van der Waals surface area contributed by atoms with Crippen LogP contribution in [0.2, 0.25) is 0 Å². The lowest BCUT2D eigenvalue weighted by molar-refractivity contribution is -0.325. The number of rotatable bonds is 4. The summed E-state index contributed by atoms with van der Waals surface area (Å²) in [6.45, 7) is -0.585. The third kappa shape index (κ3) is 3.22. The fourth-order valence-corrected chi connectivity index (χ4v) is 1.63. The first-order valence-electron chi connectivity index (χ1n) is 5.24. The highest BCUT2D eigenvalue weighted by Gasteiger charge is 2.28. The fraction of sp³-hybridized carbons (Fsp3) is 0.273. The van der Waals surface area contributed by atoms with Crippen molar-refractivity contribution in [3.05, 3.63) is 30.1 Å². The average Bonchev–Trinajstić information content (AvgIpc) is 2.70. The molecule has 0 atom stereocenters. The summed E-state index contributed by atoms with van der Waals surface area (Å²) in [5.41, 5.74) is 0.855. The number of ether oxygens (including phenoxy) is 1. The molecule has 1 heterocycles. The van der Waals surface area contributed by atoms with Crippen molar-refractivity contribution in [3.8, 4) is 0 Å². The van der Waals surface area contributed by atoms with Crippen LogP contribution in [-0.4, -0.2) is 28.5 Å². The maximum absolute atomic E-state index is 11.8. The lowest BCUT2D eigenvalue weighted by Gasteiger charge is -2.08. The molecule has 5 nitrogen and oxygen atoms in total. The van der Waals surface area contributed by atoms with E-state index in [2.05, 4.69) is 9.72 Å². The third-order valence-electron chi connectivity index (χ3n) is 2.45. The second kappa shape index (κ2) is 4.88. The number of fused-ring (bicyclic) bond motifs is 1. The molecule has 1 aromatic carbocycles. The van der Waals surface area contributed by atoms with Gasteiger partial charge in [0.15, 0.2) is 0 Å². The molecule has 19 heavy (non-hydrogen) atoms. The third-order valence-corrected chi connectivity index (χ3v) is 2.45. The number of nitrogens with zero attached hydrogens (tertiary/aromatic N) is 2. The zero-order valence-corrected chi connectivity index (χ0v) is 9.48. The highest BCUT2D eigenvalue weighted by molar-refractivity contribution is 5.91. The Hall–Kier alpha value is -2.09. The summed E-state index contributed by atoms with van der Waals surface area (Å²) in [5.74, 6) is -1.34. The van der Waals surface area contributed by atoms with E-state index in [1.54, 1.807) is 0 Å². The summed E-state index contributed by atoms with van der Waals surface area (Å²) in [4.78, 5) is 14.6. The predicted molar refractivity (Wildman–Crippen MR) is 56.1 cm³/mol. The van der Waals surface area contributed by atoms with Gasteiger partial charge in [0.25, 0.3) is 0 Å². The van der Waals surface area contributed by atoms with Crippen molar-refractivity contribution in [3.63, 3.8) is 0 Å². The van der Waals surface area contributed by atoms with Crippen molar-refractivity contribution < 1.29 is 27.8 Å². The Balaban J connectivity index is 2.15. The molecule has 0 saturated carbocycles. The van der Waals surface area contributed by atoms with Crippen LogP contribution in [0.1, 0.15) is 10.4 Å². The minimum atomic E-state index is -4.67. The second-order valence-electron chi connectivity index (χ2n) is 3.72. The first kappa shape index (κ1) is 13.3. The number of carboxylic acid groups (broad SMARTS) is 1.